The summed E-state index contributed by atoms with van der Waals surface area (Å²) in [4.78, 5) is 0. The van der Waals surface area contributed by atoms with Gasteiger partial charge in [-0.05, 0) is 71.6 Å². The molecule has 2 nitrogen and oxygen atoms in total. The van der Waals surface area contributed by atoms with Gasteiger partial charge in [0.25, 0.3) is 0 Å². The topological polar surface area (TPSA) is 9.86 Å². The molecule has 2 heterocycles. The minimum absolute atomic E-state index is 0.0661. The van der Waals surface area contributed by atoms with Crippen molar-refractivity contribution in [3.05, 3.63) is 144 Å². The van der Waals surface area contributed by atoms with E-state index >= 15 is 0 Å². The van der Waals surface area contributed by atoms with Gasteiger partial charge in [-0.25, -0.2) is 0 Å². The summed E-state index contributed by atoms with van der Waals surface area (Å²) in [6.07, 6.45) is 0. The van der Waals surface area contributed by atoms with E-state index < -0.39 is 120 Å². The smallest absolute Gasteiger partial charge is 0.0652 e. The average molecular weight is 583 g/mol. The highest BCUT2D eigenvalue weighted by atomic mass is 79.9. The minimum atomic E-state index is -0.745. The van der Waals surface area contributed by atoms with Crippen molar-refractivity contribution in [3.63, 3.8) is 0 Å². The molecule has 0 bridgehead atoms. The second kappa shape index (κ2) is 8.72. The van der Waals surface area contributed by atoms with Gasteiger partial charge in [0.2, 0.25) is 0 Å². The molecule has 8 rings (SSSR count). The number of rotatable bonds is 3. The Bertz CT molecular complexity index is 3140. The molecule has 0 N–H and O–H groups in total. The number of nitrogens with zero attached hydrogens (tertiary/aromatic N) is 2. The molecule has 6 aromatic carbocycles. The van der Waals surface area contributed by atoms with Crippen molar-refractivity contribution < 1.29 is 26.0 Å². The van der Waals surface area contributed by atoms with Crippen molar-refractivity contribution in [1.29, 1.82) is 0 Å². The van der Waals surface area contributed by atoms with Crippen LogP contribution in [0.25, 0.3) is 66.1 Å². The van der Waals surface area contributed by atoms with Crippen LogP contribution in [-0.2, 0) is 0 Å². The fourth-order valence-electron chi connectivity index (χ4n) is 4.78. The highest BCUT2D eigenvalue weighted by Gasteiger charge is 2.16. The van der Waals surface area contributed by atoms with Crippen LogP contribution in [0, 0.1) is 0 Å². The van der Waals surface area contributed by atoms with Crippen LogP contribution in [0.2, 0.25) is 0 Å². The van der Waals surface area contributed by atoms with Crippen molar-refractivity contribution in [3.8, 4) is 22.5 Å². The molecule has 0 amide bonds. The van der Waals surface area contributed by atoms with E-state index in [4.69, 9.17) is 21.9 Å². The molecule has 39 heavy (non-hydrogen) atoms. The Morgan fingerprint density at radius 2 is 1.08 bits per heavy atom. The van der Waals surface area contributed by atoms with E-state index in [-0.39, 0.29) is 64.9 Å². The Kier molecular flexibility index (Phi) is 2.35. The summed E-state index contributed by atoms with van der Waals surface area (Å²) in [5.74, 6) is 0. The summed E-state index contributed by atoms with van der Waals surface area (Å²) in [5.41, 5.74) is -1.74. The number of fused-ring (bicyclic) bond motifs is 6. The third-order valence-corrected chi connectivity index (χ3v) is 6.78. The van der Waals surface area contributed by atoms with Crippen LogP contribution in [0.5, 0.6) is 0 Å². The first-order chi connectivity index (χ1) is 27.2. The van der Waals surface area contributed by atoms with Crippen LogP contribution in [0.3, 0.4) is 0 Å². The molecular formula is C36H23BrN2. The fourth-order valence-corrected chi connectivity index (χ4v) is 5.08. The second-order valence-corrected chi connectivity index (χ2v) is 9.32. The molecule has 184 valence electrons. The zero-order valence-electron chi connectivity index (χ0n) is 38.6. The normalized spacial score (nSPS) is 18.5. The highest BCUT2D eigenvalue weighted by molar-refractivity contribution is 9.10. The summed E-state index contributed by atoms with van der Waals surface area (Å²) >= 11 is 3.15. The maximum absolute atomic E-state index is 9.74. The number of benzene rings is 6. The molecular weight excluding hydrogens is 540 g/mol. The van der Waals surface area contributed by atoms with E-state index in [1.807, 2.05) is 0 Å². The number of aromatic nitrogens is 2. The standard InChI is InChI=1S/C36H23BrN2/c37-26-17-19-35-31(22-26)29-13-4-6-15-33(29)39(35)28-18-20-36-32(23-28)30-14-5-7-16-34(30)38(36)27-12-8-11-25(21-27)24-9-2-1-3-10-24/h1-23H/i1D,2D,3D,4D,5D,6D,7D,9D,10D,13D,14D,15D,16D,17D,18D,19D,20D,22D,23D. The lowest BCUT2D eigenvalue weighted by Gasteiger charge is -2.11. The van der Waals surface area contributed by atoms with E-state index in [1.54, 1.807) is 0 Å². The van der Waals surface area contributed by atoms with Gasteiger partial charge >= 0.3 is 0 Å². The predicted octanol–water partition coefficient (Wildman–Crippen LogP) is 10.3. The van der Waals surface area contributed by atoms with Gasteiger partial charge in [-0.15, -0.1) is 0 Å². The van der Waals surface area contributed by atoms with Gasteiger partial charge in [0.05, 0.1) is 48.1 Å². The summed E-state index contributed by atoms with van der Waals surface area (Å²) in [6.45, 7) is 0. The van der Waals surface area contributed by atoms with Crippen molar-refractivity contribution >= 4 is 59.5 Å². The van der Waals surface area contributed by atoms with Crippen LogP contribution in [0.15, 0.2) is 144 Å². The Morgan fingerprint density at radius 1 is 0.487 bits per heavy atom. The van der Waals surface area contributed by atoms with Gasteiger partial charge in [-0.3, -0.25) is 0 Å². The molecule has 0 unspecified atom stereocenters. The molecule has 0 spiro atoms. The van der Waals surface area contributed by atoms with Gasteiger partial charge < -0.3 is 9.13 Å². The van der Waals surface area contributed by atoms with Gasteiger partial charge in [0.15, 0.2) is 0 Å². The van der Waals surface area contributed by atoms with Crippen molar-refractivity contribution in [2.75, 3.05) is 0 Å². The predicted molar refractivity (Wildman–Crippen MR) is 168 cm³/mol. The maximum Gasteiger partial charge on any atom is 0.0652 e. The van der Waals surface area contributed by atoms with Crippen molar-refractivity contribution in [1.82, 2.24) is 9.13 Å². The Hall–Kier alpha value is -4.60. The Morgan fingerprint density at radius 3 is 1.82 bits per heavy atom. The van der Waals surface area contributed by atoms with Crippen LogP contribution in [0.1, 0.15) is 26.0 Å². The molecule has 0 aliphatic carbocycles. The average Bonchev–Trinajstić information content (AvgIpc) is 3.75. The van der Waals surface area contributed by atoms with E-state index in [1.165, 1.54) is 28.8 Å². The number of hydrogen-bond acceptors (Lipinski definition) is 0. The number of halogens is 1. The van der Waals surface area contributed by atoms with Crippen LogP contribution >= 0.6 is 15.9 Å². The first kappa shape index (κ1) is 10.5. The van der Waals surface area contributed by atoms with Gasteiger partial charge in [0, 0.05) is 37.4 Å². The molecule has 2 aromatic heterocycles. The van der Waals surface area contributed by atoms with Crippen LogP contribution in [-0.4, -0.2) is 9.13 Å². The first-order valence-corrected chi connectivity index (χ1v) is 12.4. The van der Waals surface area contributed by atoms with E-state index in [9.17, 15) is 4.11 Å². The second-order valence-electron chi connectivity index (χ2n) is 8.53. The molecule has 3 heteroatoms. The van der Waals surface area contributed by atoms with Crippen molar-refractivity contribution in [2.45, 2.75) is 0 Å². The zero-order chi connectivity index (χ0) is 42.5. The lowest BCUT2D eigenvalue weighted by atomic mass is 10.1. The summed E-state index contributed by atoms with van der Waals surface area (Å²) in [5, 5.41) is -1.01. The van der Waals surface area contributed by atoms with E-state index in [0.29, 0.717) is 0 Å². The van der Waals surface area contributed by atoms with Crippen LogP contribution in [0.4, 0.5) is 0 Å². The zero-order valence-corrected chi connectivity index (χ0v) is 21.2. The van der Waals surface area contributed by atoms with Crippen molar-refractivity contribution in [2.24, 2.45) is 0 Å². The number of hydrogen-bond donors (Lipinski definition) is 0. The molecule has 0 aliphatic rings. The Balaban J connectivity index is 1.61. The lowest BCUT2D eigenvalue weighted by Crippen LogP contribution is -1.96. The summed E-state index contributed by atoms with van der Waals surface area (Å²) in [7, 11) is 0. The maximum atomic E-state index is 9.74. The van der Waals surface area contributed by atoms with E-state index in [0.717, 1.165) is 4.57 Å². The van der Waals surface area contributed by atoms with Gasteiger partial charge in [-0.1, -0.05) is 94.5 Å². The monoisotopic (exact) mass is 581 g/mol. The third-order valence-electron chi connectivity index (χ3n) is 6.39. The summed E-state index contributed by atoms with van der Waals surface area (Å²) in [6, 6.07) is -5.92. The highest BCUT2D eigenvalue weighted by Crippen LogP contribution is 2.38. The SMILES string of the molecule is [2H]c1c([2H])c([2H])c(-c2cccc(-n3c4c([2H])c([2H])c([2H])c([2H])c4c4c([2H])c(-n5c6c([2H])c([2H])c([2H])c([2H])c6c6c([2H])c(Br)c([2H])c([2H])c65)c([2H])c([2H])c43)c2)c([2H])c1[2H]. The molecule has 0 fully saturated rings. The van der Waals surface area contributed by atoms with Gasteiger partial charge in [0.1, 0.15) is 0 Å². The molecule has 0 saturated heterocycles. The molecule has 0 atom stereocenters. The molecule has 0 radical (unpaired) electrons. The molecule has 8 aromatic rings. The van der Waals surface area contributed by atoms with Gasteiger partial charge in [-0.2, -0.15) is 0 Å². The Labute approximate surface area is 261 Å². The third kappa shape index (κ3) is 3.47. The lowest BCUT2D eigenvalue weighted by molar-refractivity contribution is 1.17. The first-order valence-electron chi connectivity index (χ1n) is 21.1. The fraction of sp³-hybridized carbons (Fsp3) is 0. The minimum Gasteiger partial charge on any atom is -0.309 e. The summed E-state index contributed by atoms with van der Waals surface area (Å²) < 4.78 is 169. The quantitative estimate of drug-likeness (QED) is 0.196. The van der Waals surface area contributed by atoms with Crippen LogP contribution < -0.4 is 0 Å². The largest absolute Gasteiger partial charge is 0.309 e. The molecule has 0 aliphatic heterocycles. The number of para-hydroxylation sites is 2. The van der Waals surface area contributed by atoms with E-state index in [2.05, 4.69) is 15.9 Å². The molecule has 0 saturated carbocycles.